The Hall–Kier alpha value is -0.160. The highest BCUT2D eigenvalue weighted by atomic mass is 15.2. The van der Waals surface area contributed by atoms with E-state index in [0.29, 0.717) is 0 Å². The first-order chi connectivity index (χ1) is 5.79. The van der Waals surface area contributed by atoms with E-state index in [9.17, 15) is 0 Å². The van der Waals surface area contributed by atoms with Gasteiger partial charge in [-0.3, -0.25) is 0 Å². The molecule has 0 bridgehead atoms. The summed E-state index contributed by atoms with van der Waals surface area (Å²) in [7, 11) is 7.35. The van der Waals surface area contributed by atoms with Gasteiger partial charge in [0.15, 0.2) is 0 Å². The van der Waals surface area contributed by atoms with Gasteiger partial charge in [-0.15, -0.1) is 0 Å². The Morgan fingerprint density at radius 2 is 0.833 bits per heavy atom. The zero-order valence-corrected chi connectivity index (χ0v) is 8.88. The van der Waals surface area contributed by atoms with E-state index in [0.717, 1.165) is 0 Å². The fraction of sp³-hybridized carbons (Fsp3) is 1.00. The Bertz CT molecular complexity index is 59.5. The third-order valence-corrected chi connectivity index (χ3v) is 1.73. The number of nitrogens with two attached hydrogens (primary N) is 2. The predicted octanol–water partition coefficient (Wildman–Crippen LogP) is -0.987. The summed E-state index contributed by atoms with van der Waals surface area (Å²) in [5.74, 6) is 0. The van der Waals surface area contributed by atoms with Crippen LogP contribution in [0.4, 0.5) is 0 Å². The van der Waals surface area contributed by atoms with Crippen LogP contribution in [0, 0.1) is 0 Å². The highest BCUT2D eigenvalue weighted by molar-refractivity contribution is 4.64. The summed E-state index contributed by atoms with van der Waals surface area (Å²) in [6.07, 6.45) is 0. The molecule has 4 nitrogen and oxygen atoms in total. The van der Waals surface area contributed by atoms with Crippen LogP contribution < -0.4 is 11.5 Å². The lowest BCUT2D eigenvalue weighted by atomic mass is 10.4. The van der Waals surface area contributed by atoms with Gasteiger partial charge in [0, 0.05) is 26.2 Å². The Kier molecular flexibility index (Phi) is 13.0. The molecule has 0 saturated carbocycles. The molecule has 76 valence electrons. The molecule has 0 aliphatic carbocycles. The van der Waals surface area contributed by atoms with Gasteiger partial charge in [0.05, 0.1) is 0 Å². The van der Waals surface area contributed by atoms with Crippen LogP contribution in [0.5, 0.6) is 0 Å². The maximum absolute atomic E-state index is 4.50. The zero-order valence-electron chi connectivity index (χ0n) is 8.88. The number of hydrogen-bond acceptors (Lipinski definition) is 4. The van der Waals surface area contributed by atoms with Crippen molar-refractivity contribution in [3.05, 3.63) is 0 Å². The molecule has 1 aliphatic rings. The Labute approximate surface area is 76.5 Å². The van der Waals surface area contributed by atoms with E-state index in [4.69, 9.17) is 0 Å². The molecule has 12 heavy (non-hydrogen) atoms. The molecule has 0 aromatic heterocycles. The number of nitrogens with zero attached hydrogens (tertiary/aromatic N) is 2. The zero-order chi connectivity index (χ0) is 9.98. The number of hydrogen-bond donors (Lipinski definition) is 2. The van der Waals surface area contributed by atoms with Gasteiger partial charge in [-0.2, -0.15) is 0 Å². The van der Waals surface area contributed by atoms with E-state index in [2.05, 4.69) is 35.4 Å². The molecule has 1 rings (SSSR count). The largest absolute Gasteiger partial charge is 0.333 e. The second-order valence-electron chi connectivity index (χ2n) is 2.61. The maximum Gasteiger partial charge on any atom is 0.0107 e. The first kappa shape index (κ1) is 14.4. The van der Waals surface area contributed by atoms with Crippen molar-refractivity contribution >= 4 is 0 Å². The van der Waals surface area contributed by atoms with E-state index in [1.807, 2.05) is 0 Å². The Morgan fingerprint density at radius 1 is 0.667 bits per heavy atom. The van der Waals surface area contributed by atoms with Gasteiger partial charge in [-0.05, 0) is 28.2 Å². The summed E-state index contributed by atoms with van der Waals surface area (Å²) in [6.45, 7) is 4.93. The normalized spacial score (nSPS) is 18.5. The van der Waals surface area contributed by atoms with E-state index in [-0.39, 0.29) is 0 Å². The summed E-state index contributed by atoms with van der Waals surface area (Å²) in [6, 6.07) is 0. The van der Waals surface area contributed by atoms with Crippen molar-refractivity contribution in [1.29, 1.82) is 0 Å². The molecule has 0 aromatic rings. The third-order valence-electron chi connectivity index (χ3n) is 1.73. The average molecular weight is 176 g/mol. The van der Waals surface area contributed by atoms with Gasteiger partial charge in [-0.1, -0.05) is 0 Å². The van der Waals surface area contributed by atoms with Crippen molar-refractivity contribution in [3.63, 3.8) is 0 Å². The molecular weight excluding hydrogens is 152 g/mol. The third kappa shape index (κ3) is 7.94. The fourth-order valence-electron chi connectivity index (χ4n) is 0.906. The van der Waals surface area contributed by atoms with Gasteiger partial charge < -0.3 is 21.3 Å². The number of piperazine rings is 1. The molecule has 4 heteroatoms. The van der Waals surface area contributed by atoms with Crippen LogP contribution in [-0.4, -0.2) is 64.2 Å². The van der Waals surface area contributed by atoms with Gasteiger partial charge in [0.1, 0.15) is 0 Å². The summed E-state index contributed by atoms with van der Waals surface area (Å²) < 4.78 is 0. The molecule has 1 fully saturated rings. The Balaban J connectivity index is 0. The van der Waals surface area contributed by atoms with Crippen LogP contribution in [0.1, 0.15) is 0 Å². The summed E-state index contributed by atoms with van der Waals surface area (Å²) in [5, 5.41) is 0. The van der Waals surface area contributed by atoms with E-state index in [1.165, 1.54) is 40.3 Å². The fourth-order valence-corrected chi connectivity index (χ4v) is 0.906. The standard InChI is InChI=1S/C6H14N2.2CH5N/c1-7-3-5-8(2)6-4-7;2*1-2/h3-6H2,1-2H3;2*2H2,1H3. The second kappa shape index (κ2) is 10.8. The van der Waals surface area contributed by atoms with Crippen LogP contribution in [0.2, 0.25) is 0 Å². The van der Waals surface area contributed by atoms with Crippen molar-refractivity contribution in [2.45, 2.75) is 0 Å². The minimum Gasteiger partial charge on any atom is -0.333 e. The van der Waals surface area contributed by atoms with Crippen molar-refractivity contribution in [1.82, 2.24) is 9.80 Å². The summed E-state index contributed by atoms with van der Waals surface area (Å²) >= 11 is 0. The van der Waals surface area contributed by atoms with Crippen molar-refractivity contribution in [2.24, 2.45) is 11.5 Å². The number of likely N-dealkylation sites (N-methyl/N-ethyl adjacent to an activating group) is 2. The van der Waals surface area contributed by atoms with Gasteiger partial charge in [0.25, 0.3) is 0 Å². The first-order valence-electron chi connectivity index (χ1n) is 4.31. The smallest absolute Gasteiger partial charge is 0.0107 e. The first-order valence-corrected chi connectivity index (χ1v) is 4.31. The quantitative estimate of drug-likeness (QED) is 0.498. The molecule has 0 radical (unpaired) electrons. The highest BCUT2D eigenvalue weighted by Gasteiger charge is 2.07. The molecule has 0 unspecified atom stereocenters. The van der Waals surface area contributed by atoms with Gasteiger partial charge in [0.2, 0.25) is 0 Å². The second-order valence-corrected chi connectivity index (χ2v) is 2.61. The van der Waals surface area contributed by atoms with E-state index in [1.54, 1.807) is 0 Å². The van der Waals surface area contributed by atoms with Crippen molar-refractivity contribution in [2.75, 3.05) is 54.4 Å². The maximum atomic E-state index is 4.50. The van der Waals surface area contributed by atoms with Crippen LogP contribution >= 0.6 is 0 Å². The highest BCUT2D eigenvalue weighted by Crippen LogP contribution is 1.93. The monoisotopic (exact) mass is 176 g/mol. The lowest BCUT2D eigenvalue weighted by Crippen LogP contribution is -2.42. The van der Waals surface area contributed by atoms with E-state index < -0.39 is 0 Å². The SMILES string of the molecule is CN.CN.CN1CCN(C)CC1. The molecular formula is C8H24N4. The van der Waals surface area contributed by atoms with Crippen LogP contribution in [0.3, 0.4) is 0 Å². The van der Waals surface area contributed by atoms with Crippen LogP contribution in [0.25, 0.3) is 0 Å². The molecule has 0 spiro atoms. The summed E-state index contributed by atoms with van der Waals surface area (Å²) in [4.78, 5) is 4.72. The minimum atomic E-state index is 1.23. The van der Waals surface area contributed by atoms with Gasteiger partial charge in [-0.25, -0.2) is 0 Å². The number of rotatable bonds is 0. The lowest BCUT2D eigenvalue weighted by molar-refractivity contribution is 0.181. The van der Waals surface area contributed by atoms with Crippen molar-refractivity contribution in [3.8, 4) is 0 Å². The van der Waals surface area contributed by atoms with E-state index >= 15 is 0 Å². The molecule has 4 N–H and O–H groups in total. The molecule has 0 aromatic carbocycles. The van der Waals surface area contributed by atoms with Crippen LogP contribution in [-0.2, 0) is 0 Å². The Morgan fingerprint density at radius 3 is 1.00 bits per heavy atom. The molecule has 0 amide bonds. The molecule has 1 saturated heterocycles. The summed E-state index contributed by atoms with van der Waals surface area (Å²) in [5.41, 5.74) is 9.00. The topological polar surface area (TPSA) is 58.5 Å². The molecule has 0 atom stereocenters. The predicted molar refractivity (Wildman–Crippen MR) is 55.2 cm³/mol. The minimum absolute atomic E-state index is 1.23. The van der Waals surface area contributed by atoms with Gasteiger partial charge >= 0.3 is 0 Å². The molecule has 1 aliphatic heterocycles. The van der Waals surface area contributed by atoms with Crippen LogP contribution in [0.15, 0.2) is 0 Å². The molecule has 1 heterocycles. The van der Waals surface area contributed by atoms with Crippen molar-refractivity contribution < 1.29 is 0 Å². The average Bonchev–Trinajstić information content (AvgIpc) is 2.17. The lowest BCUT2D eigenvalue weighted by Gasteiger charge is -2.28.